The molecule has 0 aliphatic heterocycles. The molecule has 0 aliphatic rings. The Morgan fingerprint density at radius 2 is 2.00 bits per heavy atom. The maximum absolute atomic E-state index is 12.0. The van der Waals surface area contributed by atoms with E-state index in [1.54, 1.807) is 0 Å². The lowest BCUT2D eigenvalue weighted by Gasteiger charge is -2.09. The lowest BCUT2D eigenvalue weighted by Crippen LogP contribution is -2.13. The summed E-state index contributed by atoms with van der Waals surface area (Å²) in [4.78, 5) is 22.1. The molecular formula is C17H16ClNO5. The van der Waals surface area contributed by atoms with E-state index in [-0.39, 0.29) is 29.5 Å². The third kappa shape index (κ3) is 4.70. The number of benzene rings is 2. The normalized spacial score (nSPS) is 10.2. The number of hydrogen-bond acceptors (Lipinski definition) is 5. The van der Waals surface area contributed by atoms with Crippen molar-refractivity contribution in [2.24, 2.45) is 0 Å². The number of nitro groups is 1. The summed E-state index contributed by atoms with van der Waals surface area (Å²) in [5.74, 6) is -0.0339. The van der Waals surface area contributed by atoms with Gasteiger partial charge in [0.2, 0.25) is 0 Å². The van der Waals surface area contributed by atoms with Crippen molar-refractivity contribution >= 4 is 23.3 Å². The molecule has 0 fully saturated rings. The standard InChI is InChI=1S/C17H16ClNO5/c1-2-12-4-3-5-14(10-12)23-8-9-24-17(20)15-11-13(19(21)22)6-7-16(15)18/h3-7,10-11H,2,8-9H2,1H3. The molecule has 2 aromatic carbocycles. The number of rotatable bonds is 7. The van der Waals surface area contributed by atoms with Gasteiger partial charge in [0, 0.05) is 12.1 Å². The van der Waals surface area contributed by atoms with Gasteiger partial charge in [-0.15, -0.1) is 0 Å². The Hall–Kier alpha value is -2.60. The van der Waals surface area contributed by atoms with Crippen LogP contribution in [0.1, 0.15) is 22.8 Å². The molecule has 0 aliphatic carbocycles. The van der Waals surface area contributed by atoms with Crippen molar-refractivity contribution in [1.82, 2.24) is 0 Å². The van der Waals surface area contributed by atoms with Gasteiger partial charge in [-0.3, -0.25) is 10.1 Å². The van der Waals surface area contributed by atoms with Gasteiger partial charge in [-0.05, 0) is 30.2 Å². The second-order valence-corrected chi connectivity index (χ2v) is 5.31. The molecule has 2 rings (SSSR count). The molecule has 0 bridgehead atoms. The van der Waals surface area contributed by atoms with Gasteiger partial charge in [0.05, 0.1) is 15.5 Å². The Labute approximate surface area is 144 Å². The van der Waals surface area contributed by atoms with Crippen molar-refractivity contribution < 1.29 is 19.2 Å². The molecule has 0 saturated carbocycles. The van der Waals surface area contributed by atoms with E-state index in [1.807, 2.05) is 31.2 Å². The molecule has 2 aromatic rings. The van der Waals surface area contributed by atoms with Gasteiger partial charge in [-0.1, -0.05) is 30.7 Å². The second kappa shape index (κ2) is 8.31. The summed E-state index contributed by atoms with van der Waals surface area (Å²) in [5.41, 5.74) is 0.880. The number of aryl methyl sites for hydroxylation is 1. The van der Waals surface area contributed by atoms with E-state index >= 15 is 0 Å². The molecule has 0 unspecified atom stereocenters. The molecule has 0 amide bonds. The predicted molar refractivity (Wildman–Crippen MR) is 89.7 cm³/mol. The quantitative estimate of drug-likeness (QED) is 0.326. The highest BCUT2D eigenvalue weighted by atomic mass is 35.5. The number of nitrogens with zero attached hydrogens (tertiary/aromatic N) is 1. The molecule has 0 atom stereocenters. The van der Waals surface area contributed by atoms with Crippen LogP contribution in [0.2, 0.25) is 5.02 Å². The Morgan fingerprint density at radius 1 is 1.21 bits per heavy atom. The maximum Gasteiger partial charge on any atom is 0.340 e. The fourth-order valence-electron chi connectivity index (χ4n) is 2.01. The lowest BCUT2D eigenvalue weighted by molar-refractivity contribution is -0.384. The van der Waals surface area contributed by atoms with Crippen molar-refractivity contribution in [3.05, 3.63) is 68.7 Å². The van der Waals surface area contributed by atoms with E-state index in [1.165, 1.54) is 12.1 Å². The summed E-state index contributed by atoms with van der Waals surface area (Å²) in [6, 6.07) is 11.2. The molecule has 0 aromatic heterocycles. The van der Waals surface area contributed by atoms with Crippen LogP contribution in [0.15, 0.2) is 42.5 Å². The van der Waals surface area contributed by atoms with Crippen LogP contribution in [0.25, 0.3) is 0 Å². The molecular weight excluding hydrogens is 334 g/mol. The molecule has 0 radical (unpaired) electrons. The molecule has 24 heavy (non-hydrogen) atoms. The zero-order valence-electron chi connectivity index (χ0n) is 13.0. The minimum absolute atomic E-state index is 0.00814. The number of ether oxygens (including phenoxy) is 2. The van der Waals surface area contributed by atoms with E-state index < -0.39 is 10.9 Å². The van der Waals surface area contributed by atoms with Crippen LogP contribution in [0, 0.1) is 10.1 Å². The summed E-state index contributed by atoms with van der Waals surface area (Å²) in [6.07, 6.45) is 0.900. The Bertz CT molecular complexity index is 748. The number of carbonyl (C=O) groups excluding carboxylic acids is 1. The first-order valence-electron chi connectivity index (χ1n) is 7.34. The second-order valence-electron chi connectivity index (χ2n) is 4.91. The number of carbonyl (C=O) groups is 1. The third-order valence-electron chi connectivity index (χ3n) is 3.27. The first kappa shape index (κ1) is 17.7. The van der Waals surface area contributed by atoms with Gasteiger partial charge >= 0.3 is 5.97 Å². The molecule has 0 spiro atoms. The van der Waals surface area contributed by atoms with Crippen LogP contribution >= 0.6 is 11.6 Å². The van der Waals surface area contributed by atoms with E-state index in [2.05, 4.69) is 0 Å². The number of nitro benzene ring substituents is 1. The van der Waals surface area contributed by atoms with Gasteiger partial charge in [0.1, 0.15) is 19.0 Å². The lowest BCUT2D eigenvalue weighted by atomic mass is 10.2. The van der Waals surface area contributed by atoms with Crippen LogP contribution < -0.4 is 4.74 Å². The van der Waals surface area contributed by atoms with Gasteiger partial charge in [-0.25, -0.2) is 4.79 Å². The topological polar surface area (TPSA) is 78.7 Å². The van der Waals surface area contributed by atoms with Crippen molar-refractivity contribution in [3.8, 4) is 5.75 Å². The van der Waals surface area contributed by atoms with Gasteiger partial charge in [0.25, 0.3) is 5.69 Å². The minimum atomic E-state index is -0.727. The van der Waals surface area contributed by atoms with Crippen LogP contribution in [-0.2, 0) is 11.2 Å². The third-order valence-corrected chi connectivity index (χ3v) is 3.60. The molecule has 126 valence electrons. The average molecular weight is 350 g/mol. The number of non-ortho nitro benzene ring substituents is 1. The summed E-state index contributed by atoms with van der Waals surface area (Å²) >= 11 is 5.88. The van der Waals surface area contributed by atoms with E-state index in [0.717, 1.165) is 18.1 Å². The van der Waals surface area contributed by atoms with Crippen molar-refractivity contribution in [3.63, 3.8) is 0 Å². The van der Waals surface area contributed by atoms with Crippen LogP contribution in [0.4, 0.5) is 5.69 Å². The van der Waals surface area contributed by atoms with E-state index in [0.29, 0.717) is 5.75 Å². The van der Waals surface area contributed by atoms with Crippen molar-refractivity contribution in [2.45, 2.75) is 13.3 Å². The summed E-state index contributed by atoms with van der Waals surface area (Å²) in [7, 11) is 0. The van der Waals surface area contributed by atoms with Gasteiger partial charge in [0.15, 0.2) is 0 Å². The maximum atomic E-state index is 12.0. The predicted octanol–water partition coefficient (Wildman–Crippen LogP) is 4.05. The Kier molecular flexibility index (Phi) is 6.14. The van der Waals surface area contributed by atoms with Gasteiger partial charge < -0.3 is 9.47 Å². The molecule has 0 saturated heterocycles. The van der Waals surface area contributed by atoms with Gasteiger partial charge in [-0.2, -0.15) is 0 Å². The SMILES string of the molecule is CCc1cccc(OCCOC(=O)c2cc([N+](=O)[O-])ccc2Cl)c1. The number of halogens is 1. The van der Waals surface area contributed by atoms with Crippen molar-refractivity contribution in [1.29, 1.82) is 0 Å². The largest absolute Gasteiger partial charge is 0.490 e. The first-order chi connectivity index (χ1) is 11.5. The molecule has 6 nitrogen and oxygen atoms in total. The van der Waals surface area contributed by atoms with Crippen molar-refractivity contribution in [2.75, 3.05) is 13.2 Å². The summed E-state index contributed by atoms with van der Waals surface area (Å²) in [5, 5.41) is 10.8. The minimum Gasteiger partial charge on any atom is -0.490 e. The Morgan fingerprint density at radius 3 is 2.71 bits per heavy atom. The molecule has 7 heteroatoms. The summed E-state index contributed by atoms with van der Waals surface area (Å²) in [6.45, 7) is 2.23. The highest BCUT2D eigenvalue weighted by Crippen LogP contribution is 2.22. The fraction of sp³-hybridized carbons (Fsp3) is 0.235. The fourth-order valence-corrected chi connectivity index (χ4v) is 2.20. The van der Waals surface area contributed by atoms with Crippen LogP contribution in [0.5, 0.6) is 5.75 Å². The highest BCUT2D eigenvalue weighted by molar-refractivity contribution is 6.33. The van der Waals surface area contributed by atoms with Crippen LogP contribution in [0.3, 0.4) is 0 Å². The number of esters is 1. The van der Waals surface area contributed by atoms with E-state index in [4.69, 9.17) is 21.1 Å². The smallest absolute Gasteiger partial charge is 0.340 e. The Balaban J connectivity index is 1.89. The average Bonchev–Trinajstić information content (AvgIpc) is 2.59. The van der Waals surface area contributed by atoms with Crippen LogP contribution in [-0.4, -0.2) is 24.1 Å². The molecule has 0 heterocycles. The van der Waals surface area contributed by atoms with E-state index in [9.17, 15) is 14.9 Å². The number of hydrogen-bond donors (Lipinski definition) is 0. The monoisotopic (exact) mass is 349 g/mol. The molecule has 0 N–H and O–H groups in total. The zero-order chi connectivity index (χ0) is 17.5. The first-order valence-corrected chi connectivity index (χ1v) is 7.72. The summed E-state index contributed by atoms with van der Waals surface area (Å²) < 4.78 is 10.6. The zero-order valence-corrected chi connectivity index (χ0v) is 13.8. The highest BCUT2D eigenvalue weighted by Gasteiger charge is 2.17.